The average Bonchev–Trinajstić information content (AvgIpc) is 2.69. The summed E-state index contributed by atoms with van der Waals surface area (Å²) in [6, 6.07) is 24.0. The Morgan fingerprint density at radius 2 is 1.74 bits per heavy atom. The van der Waals surface area contributed by atoms with E-state index in [1.54, 1.807) is 16.3 Å². The molecule has 0 bridgehead atoms. The summed E-state index contributed by atoms with van der Waals surface area (Å²) in [5, 5.41) is 1.35. The van der Waals surface area contributed by atoms with Crippen LogP contribution in [0.25, 0.3) is 16.6 Å². The Kier molecular flexibility index (Phi) is 5.31. The van der Waals surface area contributed by atoms with Gasteiger partial charge in [0.1, 0.15) is 0 Å². The molecule has 27 heavy (non-hydrogen) atoms. The van der Waals surface area contributed by atoms with E-state index in [1.807, 2.05) is 67.6 Å². The summed E-state index contributed by atoms with van der Waals surface area (Å²) in [6.07, 6.45) is 0. The fourth-order valence-corrected chi connectivity index (χ4v) is 4.34. The van der Waals surface area contributed by atoms with Crippen LogP contribution in [-0.4, -0.2) is 9.55 Å². The second-order valence-corrected chi connectivity index (χ2v) is 8.49. The summed E-state index contributed by atoms with van der Waals surface area (Å²) in [7, 11) is 0. The van der Waals surface area contributed by atoms with E-state index in [2.05, 4.69) is 34.7 Å². The zero-order valence-electron chi connectivity index (χ0n) is 14.7. The Morgan fingerprint density at radius 3 is 2.48 bits per heavy atom. The maximum atomic E-state index is 13.3. The highest BCUT2D eigenvalue weighted by atomic mass is 127. The zero-order valence-corrected chi connectivity index (χ0v) is 17.7. The third kappa shape index (κ3) is 3.94. The highest BCUT2D eigenvalue weighted by Crippen LogP contribution is 2.25. The molecule has 0 aliphatic carbocycles. The third-order valence-electron chi connectivity index (χ3n) is 4.30. The molecule has 0 radical (unpaired) electrons. The van der Waals surface area contributed by atoms with E-state index in [0.717, 1.165) is 26.1 Å². The van der Waals surface area contributed by atoms with Crippen molar-refractivity contribution in [1.29, 1.82) is 0 Å². The molecular formula is C22H17IN2OS. The van der Waals surface area contributed by atoms with Crippen molar-refractivity contribution in [3.8, 4) is 5.69 Å². The summed E-state index contributed by atoms with van der Waals surface area (Å²) in [5.74, 6) is 0.759. The van der Waals surface area contributed by atoms with Crippen LogP contribution in [0.15, 0.2) is 82.7 Å². The number of nitrogens with zero attached hydrogens (tertiary/aromatic N) is 2. The standard InChI is InChI=1S/C22H17IN2OS/c1-15-7-10-18(11-8-15)25-21(26)19-13-17(23)9-12-20(19)24-22(25)27-14-16-5-3-2-4-6-16/h2-13H,14H2,1H3. The summed E-state index contributed by atoms with van der Waals surface area (Å²) >= 11 is 3.81. The Hall–Kier alpha value is -2.12. The number of halogens is 1. The van der Waals surface area contributed by atoms with Gasteiger partial charge in [-0.2, -0.15) is 0 Å². The largest absolute Gasteiger partial charge is 0.268 e. The van der Waals surface area contributed by atoms with Crippen LogP contribution in [0.1, 0.15) is 11.1 Å². The van der Waals surface area contributed by atoms with Crippen LogP contribution in [0.3, 0.4) is 0 Å². The van der Waals surface area contributed by atoms with Gasteiger partial charge in [-0.25, -0.2) is 4.98 Å². The normalized spacial score (nSPS) is 11.0. The Bertz CT molecular complexity index is 1150. The van der Waals surface area contributed by atoms with Gasteiger partial charge in [0, 0.05) is 9.32 Å². The van der Waals surface area contributed by atoms with Gasteiger partial charge >= 0.3 is 0 Å². The van der Waals surface area contributed by atoms with Crippen molar-refractivity contribution in [1.82, 2.24) is 9.55 Å². The monoisotopic (exact) mass is 484 g/mol. The number of aromatic nitrogens is 2. The molecular weight excluding hydrogens is 467 g/mol. The van der Waals surface area contributed by atoms with Crippen LogP contribution in [0.2, 0.25) is 0 Å². The molecule has 0 aliphatic rings. The van der Waals surface area contributed by atoms with E-state index in [9.17, 15) is 4.79 Å². The van der Waals surface area contributed by atoms with Crippen LogP contribution in [0.4, 0.5) is 0 Å². The fourth-order valence-electron chi connectivity index (χ4n) is 2.88. The van der Waals surface area contributed by atoms with Gasteiger partial charge in [0.05, 0.1) is 16.6 Å². The summed E-state index contributed by atoms with van der Waals surface area (Å²) in [6.45, 7) is 2.04. The van der Waals surface area contributed by atoms with Gasteiger partial charge in [-0.15, -0.1) is 0 Å². The molecule has 0 N–H and O–H groups in total. The Balaban J connectivity index is 1.87. The molecule has 3 aromatic carbocycles. The highest BCUT2D eigenvalue weighted by Gasteiger charge is 2.14. The van der Waals surface area contributed by atoms with Crippen molar-refractivity contribution in [2.24, 2.45) is 0 Å². The van der Waals surface area contributed by atoms with Crippen LogP contribution >= 0.6 is 34.4 Å². The number of aryl methyl sites for hydroxylation is 1. The SMILES string of the molecule is Cc1ccc(-n2c(SCc3ccccc3)nc3ccc(I)cc3c2=O)cc1. The first-order valence-electron chi connectivity index (χ1n) is 8.58. The van der Waals surface area contributed by atoms with E-state index in [-0.39, 0.29) is 5.56 Å². The second-order valence-electron chi connectivity index (χ2n) is 6.31. The smallest absolute Gasteiger partial charge is 0.266 e. The van der Waals surface area contributed by atoms with E-state index in [4.69, 9.17) is 4.98 Å². The van der Waals surface area contributed by atoms with Gasteiger partial charge in [0.2, 0.25) is 0 Å². The van der Waals surface area contributed by atoms with E-state index >= 15 is 0 Å². The molecule has 4 aromatic rings. The molecule has 3 nitrogen and oxygen atoms in total. The van der Waals surface area contributed by atoms with Gasteiger partial charge in [0.25, 0.3) is 5.56 Å². The van der Waals surface area contributed by atoms with Crippen molar-refractivity contribution in [3.05, 3.63) is 97.8 Å². The molecule has 5 heteroatoms. The molecule has 0 amide bonds. The first-order chi connectivity index (χ1) is 13.1. The molecule has 1 heterocycles. The van der Waals surface area contributed by atoms with Crippen LogP contribution in [-0.2, 0) is 5.75 Å². The summed E-state index contributed by atoms with van der Waals surface area (Å²) in [5.41, 5.74) is 3.91. The lowest BCUT2D eigenvalue weighted by atomic mass is 10.2. The van der Waals surface area contributed by atoms with E-state index < -0.39 is 0 Å². The molecule has 134 valence electrons. The van der Waals surface area contributed by atoms with E-state index in [1.165, 1.54) is 5.56 Å². The lowest BCUT2D eigenvalue weighted by molar-refractivity contribution is 0.819. The van der Waals surface area contributed by atoms with Crippen molar-refractivity contribution in [2.45, 2.75) is 17.8 Å². The minimum atomic E-state index is -0.0297. The zero-order chi connectivity index (χ0) is 18.8. The predicted octanol–water partition coefficient (Wildman–Crippen LogP) is 5.59. The Labute approximate surface area is 175 Å². The van der Waals surface area contributed by atoms with Gasteiger partial charge in [0.15, 0.2) is 5.16 Å². The molecule has 0 aliphatic heterocycles. The number of thioether (sulfide) groups is 1. The average molecular weight is 484 g/mol. The van der Waals surface area contributed by atoms with Crippen LogP contribution in [0, 0.1) is 10.5 Å². The highest BCUT2D eigenvalue weighted by molar-refractivity contribution is 14.1. The van der Waals surface area contributed by atoms with Crippen LogP contribution in [0.5, 0.6) is 0 Å². The van der Waals surface area contributed by atoms with Crippen molar-refractivity contribution >= 4 is 45.3 Å². The number of benzene rings is 3. The van der Waals surface area contributed by atoms with Gasteiger partial charge in [-0.3, -0.25) is 9.36 Å². The van der Waals surface area contributed by atoms with E-state index in [0.29, 0.717) is 10.5 Å². The first kappa shape index (κ1) is 18.3. The number of rotatable bonds is 4. The minimum absolute atomic E-state index is 0.0297. The lowest BCUT2D eigenvalue weighted by Gasteiger charge is -2.13. The number of fused-ring (bicyclic) bond motifs is 1. The molecule has 4 rings (SSSR count). The van der Waals surface area contributed by atoms with Gasteiger partial charge in [-0.1, -0.05) is 59.8 Å². The van der Waals surface area contributed by atoms with Crippen molar-refractivity contribution < 1.29 is 0 Å². The Morgan fingerprint density at radius 1 is 1.00 bits per heavy atom. The quantitative estimate of drug-likeness (QED) is 0.215. The number of hydrogen-bond acceptors (Lipinski definition) is 3. The molecule has 0 unspecified atom stereocenters. The summed E-state index contributed by atoms with van der Waals surface area (Å²) in [4.78, 5) is 18.1. The van der Waals surface area contributed by atoms with Crippen LogP contribution < -0.4 is 5.56 Å². The van der Waals surface area contributed by atoms with Crippen molar-refractivity contribution in [2.75, 3.05) is 0 Å². The topological polar surface area (TPSA) is 34.9 Å². The van der Waals surface area contributed by atoms with Crippen molar-refractivity contribution in [3.63, 3.8) is 0 Å². The molecule has 0 spiro atoms. The lowest BCUT2D eigenvalue weighted by Crippen LogP contribution is -2.21. The number of hydrogen-bond donors (Lipinski definition) is 0. The molecule has 0 saturated heterocycles. The fraction of sp³-hybridized carbons (Fsp3) is 0.0909. The minimum Gasteiger partial charge on any atom is -0.268 e. The molecule has 0 saturated carbocycles. The first-order valence-corrected chi connectivity index (χ1v) is 10.6. The second kappa shape index (κ2) is 7.86. The molecule has 0 fully saturated rings. The molecule has 0 atom stereocenters. The summed E-state index contributed by atoms with van der Waals surface area (Å²) < 4.78 is 2.75. The van der Waals surface area contributed by atoms with Gasteiger partial charge < -0.3 is 0 Å². The predicted molar refractivity (Wildman–Crippen MR) is 121 cm³/mol. The maximum Gasteiger partial charge on any atom is 0.266 e. The van der Waals surface area contributed by atoms with Gasteiger partial charge in [-0.05, 0) is 65.4 Å². The maximum absolute atomic E-state index is 13.3. The third-order valence-corrected chi connectivity index (χ3v) is 5.98. The molecule has 1 aromatic heterocycles.